The zero-order chi connectivity index (χ0) is 13.0. The van der Waals surface area contributed by atoms with Gasteiger partial charge in [0.05, 0.1) is 0 Å². The minimum Gasteiger partial charge on any atom is -0.313 e. The average Bonchev–Trinajstić information content (AvgIpc) is 2.35. The van der Waals surface area contributed by atoms with Gasteiger partial charge in [0, 0.05) is 42.7 Å². The van der Waals surface area contributed by atoms with E-state index in [-0.39, 0.29) is 0 Å². The van der Waals surface area contributed by atoms with Gasteiger partial charge in [-0.3, -0.25) is 4.90 Å². The van der Waals surface area contributed by atoms with Crippen LogP contribution in [0.25, 0.3) is 0 Å². The Morgan fingerprint density at radius 2 is 2.06 bits per heavy atom. The van der Waals surface area contributed by atoms with Gasteiger partial charge in [-0.25, -0.2) is 0 Å². The summed E-state index contributed by atoms with van der Waals surface area (Å²) in [4.78, 5) is 2.67. The van der Waals surface area contributed by atoms with Gasteiger partial charge in [-0.2, -0.15) is 11.8 Å². The molecule has 0 aromatic rings. The number of hydrogen-bond acceptors (Lipinski definition) is 3. The van der Waals surface area contributed by atoms with E-state index in [1.807, 2.05) is 0 Å². The first kappa shape index (κ1) is 14.7. The summed E-state index contributed by atoms with van der Waals surface area (Å²) in [7, 11) is 0. The Labute approximate surface area is 117 Å². The van der Waals surface area contributed by atoms with Crippen LogP contribution in [0.15, 0.2) is 0 Å². The Morgan fingerprint density at radius 1 is 1.22 bits per heavy atom. The van der Waals surface area contributed by atoms with E-state index in [0.717, 1.165) is 23.3 Å². The summed E-state index contributed by atoms with van der Waals surface area (Å²) in [5, 5.41) is 4.59. The highest BCUT2D eigenvalue weighted by Crippen LogP contribution is 2.25. The summed E-state index contributed by atoms with van der Waals surface area (Å²) in [6.45, 7) is 10.9. The normalized spacial score (nSPS) is 38.8. The van der Waals surface area contributed by atoms with Crippen molar-refractivity contribution in [2.75, 3.05) is 25.4 Å². The number of hydrogen-bond donors (Lipinski definition) is 1. The van der Waals surface area contributed by atoms with Crippen molar-refractivity contribution in [3.05, 3.63) is 0 Å². The van der Waals surface area contributed by atoms with E-state index in [1.165, 1.54) is 51.1 Å². The fourth-order valence-electron chi connectivity index (χ4n) is 3.34. The Kier molecular flexibility index (Phi) is 5.84. The van der Waals surface area contributed by atoms with Gasteiger partial charge in [-0.1, -0.05) is 26.7 Å². The predicted molar refractivity (Wildman–Crippen MR) is 82.4 cm³/mol. The van der Waals surface area contributed by atoms with E-state index in [9.17, 15) is 0 Å². The zero-order valence-corrected chi connectivity index (χ0v) is 13.1. The van der Waals surface area contributed by atoms with Gasteiger partial charge in [0.1, 0.15) is 0 Å². The Hall–Kier alpha value is 0.270. The van der Waals surface area contributed by atoms with Crippen molar-refractivity contribution >= 4 is 11.8 Å². The van der Waals surface area contributed by atoms with Gasteiger partial charge >= 0.3 is 0 Å². The Bertz CT molecular complexity index is 247. The highest BCUT2D eigenvalue weighted by atomic mass is 32.2. The first-order chi connectivity index (χ1) is 8.66. The Morgan fingerprint density at radius 3 is 2.83 bits per heavy atom. The van der Waals surface area contributed by atoms with E-state index < -0.39 is 0 Å². The SMILES string of the molecule is CC1CCCC(NCCN2CCSC(C)C2C)C1. The van der Waals surface area contributed by atoms with Gasteiger partial charge in [0.25, 0.3) is 0 Å². The van der Waals surface area contributed by atoms with Crippen LogP contribution in [-0.2, 0) is 0 Å². The Balaban J connectivity index is 1.65. The molecule has 1 N–H and O–H groups in total. The highest BCUT2D eigenvalue weighted by Gasteiger charge is 2.25. The molecule has 0 radical (unpaired) electrons. The van der Waals surface area contributed by atoms with Crippen molar-refractivity contribution < 1.29 is 0 Å². The first-order valence-corrected chi connectivity index (χ1v) is 8.80. The maximum absolute atomic E-state index is 3.79. The second kappa shape index (κ2) is 7.16. The molecule has 2 rings (SSSR count). The summed E-state index contributed by atoms with van der Waals surface area (Å²) in [6, 6.07) is 1.54. The number of rotatable bonds is 4. The topological polar surface area (TPSA) is 15.3 Å². The van der Waals surface area contributed by atoms with E-state index >= 15 is 0 Å². The second-order valence-electron chi connectivity index (χ2n) is 6.28. The van der Waals surface area contributed by atoms with Crippen molar-refractivity contribution in [2.45, 2.75) is 63.8 Å². The highest BCUT2D eigenvalue weighted by molar-refractivity contribution is 8.00. The fraction of sp³-hybridized carbons (Fsp3) is 1.00. The summed E-state index contributed by atoms with van der Waals surface area (Å²) in [5.41, 5.74) is 0. The predicted octanol–water partition coefficient (Wildman–Crippen LogP) is 2.98. The maximum atomic E-state index is 3.79. The van der Waals surface area contributed by atoms with Crippen LogP contribution in [0, 0.1) is 5.92 Å². The van der Waals surface area contributed by atoms with Gasteiger partial charge in [0.15, 0.2) is 0 Å². The lowest BCUT2D eigenvalue weighted by molar-refractivity contribution is 0.204. The smallest absolute Gasteiger partial charge is 0.0184 e. The van der Waals surface area contributed by atoms with E-state index in [1.54, 1.807) is 0 Å². The van der Waals surface area contributed by atoms with E-state index in [0.29, 0.717) is 0 Å². The maximum Gasteiger partial charge on any atom is 0.0184 e. The van der Waals surface area contributed by atoms with Gasteiger partial charge < -0.3 is 5.32 Å². The van der Waals surface area contributed by atoms with Crippen LogP contribution in [-0.4, -0.2) is 47.6 Å². The third kappa shape index (κ3) is 4.14. The monoisotopic (exact) mass is 270 g/mol. The molecule has 106 valence electrons. The molecule has 0 amide bonds. The summed E-state index contributed by atoms with van der Waals surface area (Å²) in [6.07, 6.45) is 5.65. The lowest BCUT2D eigenvalue weighted by Crippen LogP contribution is -2.48. The van der Waals surface area contributed by atoms with Crippen LogP contribution in [0.4, 0.5) is 0 Å². The lowest BCUT2D eigenvalue weighted by Gasteiger charge is -2.38. The molecule has 2 fully saturated rings. The van der Waals surface area contributed by atoms with Crippen LogP contribution < -0.4 is 5.32 Å². The molecular weight excluding hydrogens is 240 g/mol. The molecule has 0 aromatic carbocycles. The molecule has 4 atom stereocenters. The van der Waals surface area contributed by atoms with Crippen molar-refractivity contribution in [3.8, 4) is 0 Å². The molecule has 1 saturated heterocycles. The molecule has 0 bridgehead atoms. The van der Waals surface area contributed by atoms with Crippen LogP contribution in [0.2, 0.25) is 0 Å². The molecule has 1 saturated carbocycles. The molecular formula is C15H30N2S. The molecule has 3 heteroatoms. The van der Waals surface area contributed by atoms with Crippen LogP contribution in [0.3, 0.4) is 0 Å². The van der Waals surface area contributed by atoms with E-state index in [4.69, 9.17) is 0 Å². The molecule has 2 aliphatic rings. The molecule has 0 aromatic heterocycles. The van der Waals surface area contributed by atoms with Crippen molar-refractivity contribution in [3.63, 3.8) is 0 Å². The zero-order valence-electron chi connectivity index (χ0n) is 12.3. The summed E-state index contributed by atoms with van der Waals surface area (Å²) >= 11 is 2.13. The van der Waals surface area contributed by atoms with Crippen molar-refractivity contribution in [2.24, 2.45) is 5.92 Å². The molecule has 1 aliphatic carbocycles. The average molecular weight is 270 g/mol. The number of nitrogens with one attached hydrogen (secondary N) is 1. The van der Waals surface area contributed by atoms with Crippen molar-refractivity contribution in [1.82, 2.24) is 10.2 Å². The third-order valence-corrected chi connectivity index (χ3v) is 6.12. The summed E-state index contributed by atoms with van der Waals surface area (Å²) < 4.78 is 0. The third-order valence-electron chi connectivity index (χ3n) is 4.78. The van der Waals surface area contributed by atoms with Gasteiger partial charge in [0.2, 0.25) is 0 Å². The standard InChI is InChI=1S/C15H30N2S/c1-12-5-4-6-15(11-12)16-7-8-17-9-10-18-14(3)13(17)2/h12-16H,4-11H2,1-3H3. The minimum absolute atomic E-state index is 0.746. The lowest BCUT2D eigenvalue weighted by atomic mass is 9.87. The molecule has 0 spiro atoms. The van der Waals surface area contributed by atoms with Crippen LogP contribution >= 0.6 is 11.8 Å². The molecule has 4 unspecified atom stereocenters. The van der Waals surface area contributed by atoms with Crippen molar-refractivity contribution in [1.29, 1.82) is 0 Å². The molecule has 1 heterocycles. The first-order valence-electron chi connectivity index (χ1n) is 7.76. The largest absolute Gasteiger partial charge is 0.313 e. The number of nitrogens with zero attached hydrogens (tertiary/aromatic N) is 1. The number of thioether (sulfide) groups is 1. The molecule has 1 aliphatic heterocycles. The molecule has 2 nitrogen and oxygen atoms in total. The van der Waals surface area contributed by atoms with Crippen LogP contribution in [0.1, 0.15) is 46.5 Å². The van der Waals surface area contributed by atoms with E-state index in [2.05, 4.69) is 42.7 Å². The minimum atomic E-state index is 0.746. The van der Waals surface area contributed by atoms with Crippen LogP contribution in [0.5, 0.6) is 0 Å². The van der Waals surface area contributed by atoms with Gasteiger partial charge in [-0.05, 0) is 25.7 Å². The quantitative estimate of drug-likeness (QED) is 0.845. The summed E-state index contributed by atoms with van der Waals surface area (Å²) in [5.74, 6) is 2.24. The second-order valence-corrected chi connectivity index (χ2v) is 7.76. The fourth-order valence-corrected chi connectivity index (χ4v) is 4.51. The van der Waals surface area contributed by atoms with Gasteiger partial charge in [-0.15, -0.1) is 0 Å². The molecule has 18 heavy (non-hydrogen) atoms.